The Morgan fingerprint density at radius 3 is 2.43 bits per heavy atom. The SMILES string of the molecule is Cc1cccc(C)c1NC(=S)N/N=C/c1ccccc1O. The van der Waals surface area contributed by atoms with Crippen LogP contribution in [-0.2, 0) is 0 Å². The first-order valence-corrected chi connectivity index (χ1v) is 6.93. The van der Waals surface area contributed by atoms with Crippen LogP contribution in [0.5, 0.6) is 5.75 Å². The number of phenols is 1. The van der Waals surface area contributed by atoms with Gasteiger partial charge in [0.2, 0.25) is 0 Å². The van der Waals surface area contributed by atoms with E-state index >= 15 is 0 Å². The van der Waals surface area contributed by atoms with Crippen LogP contribution in [0.3, 0.4) is 0 Å². The van der Waals surface area contributed by atoms with E-state index in [1.165, 1.54) is 6.21 Å². The number of para-hydroxylation sites is 2. The van der Waals surface area contributed by atoms with Crippen LogP contribution in [0.15, 0.2) is 47.6 Å². The second-order valence-corrected chi connectivity index (χ2v) is 5.06. The van der Waals surface area contributed by atoms with Crippen molar-refractivity contribution in [3.05, 3.63) is 59.2 Å². The molecule has 0 aromatic heterocycles. The molecule has 4 nitrogen and oxygen atoms in total. The van der Waals surface area contributed by atoms with Crippen LogP contribution >= 0.6 is 12.2 Å². The maximum atomic E-state index is 9.62. The zero-order valence-electron chi connectivity index (χ0n) is 11.9. The summed E-state index contributed by atoms with van der Waals surface area (Å²) in [5.41, 5.74) is 6.57. The topological polar surface area (TPSA) is 56.7 Å². The summed E-state index contributed by atoms with van der Waals surface area (Å²) in [6.45, 7) is 4.03. The minimum atomic E-state index is 0.177. The number of phenolic OH excluding ortho intramolecular Hbond substituents is 1. The highest BCUT2D eigenvalue weighted by atomic mass is 32.1. The van der Waals surface area contributed by atoms with Crippen LogP contribution in [0.1, 0.15) is 16.7 Å². The highest BCUT2D eigenvalue weighted by Crippen LogP contribution is 2.19. The van der Waals surface area contributed by atoms with E-state index in [0.717, 1.165) is 16.8 Å². The summed E-state index contributed by atoms with van der Waals surface area (Å²) >= 11 is 5.21. The molecule has 2 rings (SSSR count). The van der Waals surface area contributed by atoms with Gasteiger partial charge in [-0.15, -0.1) is 0 Å². The number of rotatable bonds is 3. The van der Waals surface area contributed by atoms with E-state index in [4.69, 9.17) is 12.2 Å². The van der Waals surface area contributed by atoms with Gasteiger partial charge in [-0.05, 0) is 49.3 Å². The molecule has 5 heteroatoms. The summed E-state index contributed by atoms with van der Waals surface area (Å²) in [7, 11) is 0. The van der Waals surface area contributed by atoms with Gasteiger partial charge in [0.15, 0.2) is 5.11 Å². The average molecular weight is 299 g/mol. The Balaban J connectivity index is 1.98. The molecule has 0 aliphatic rings. The third-order valence-corrected chi connectivity index (χ3v) is 3.22. The molecule has 0 heterocycles. The Morgan fingerprint density at radius 1 is 1.10 bits per heavy atom. The number of benzene rings is 2. The molecular formula is C16H17N3OS. The minimum absolute atomic E-state index is 0.177. The molecule has 0 unspecified atom stereocenters. The molecule has 0 atom stereocenters. The molecule has 2 aromatic rings. The van der Waals surface area contributed by atoms with Gasteiger partial charge < -0.3 is 10.4 Å². The quantitative estimate of drug-likeness (QED) is 0.462. The summed E-state index contributed by atoms with van der Waals surface area (Å²) < 4.78 is 0. The summed E-state index contributed by atoms with van der Waals surface area (Å²) in [6, 6.07) is 13.0. The van der Waals surface area contributed by atoms with Crippen molar-refractivity contribution in [1.82, 2.24) is 5.43 Å². The first kappa shape index (κ1) is 15.0. The number of nitrogens with one attached hydrogen (secondary N) is 2. The highest BCUT2D eigenvalue weighted by molar-refractivity contribution is 7.80. The second kappa shape index (κ2) is 6.85. The number of nitrogens with zero attached hydrogens (tertiary/aromatic N) is 1. The smallest absolute Gasteiger partial charge is 0.191 e. The summed E-state index contributed by atoms with van der Waals surface area (Å²) in [4.78, 5) is 0. The van der Waals surface area contributed by atoms with Crippen molar-refractivity contribution >= 4 is 29.2 Å². The predicted octanol–water partition coefficient (Wildman–Crippen LogP) is 3.33. The van der Waals surface area contributed by atoms with Gasteiger partial charge in [0.05, 0.1) is 6.21 Å². The third-order valence-electron chi connectivity index (χ3n) is 3.03. The molecule has 108 valence electrons. The molecule has 2 aromatic carbocycles. The summed E-state index contributed by atoms with van der Waals surface area (Å²) in [6.07, 6.45) is 1.52. The minimum Gasteiger partial charge on any atom is -0.507 e. The number of aryl methyl sites for hydroxylation is 2. The second-order valence-electron chi connectivity index (χ2n) is 4.65. The van der Waals surface area contributed by atoms with Gasteiger partial charge >= 0.3 is 0 Å². The molecule has 0 saturated carbocycles. The Labute approximate surface area is 129 Å². The predicted molar refractivity (Wildman–Crippen MR) is 91.0 cm³/mol. The Morgan fingerprint density at radius 2 is 1.76 bits per heavy atom. The van der Waals surface area contributed by atoms with Crippen LogP contribution in [0.4, 0.5) is 5.69 Å². The van der Waals surface area contributed by atoms with Crippen molar-refractivity contribution < 1.29 is 5.11 Å². The molecule has 0 saturated heterocycles. The number of thiocarbonyl (C=S) groups is 1. The van der Waals surface area contributed by atoms with Gasteiger partial charge in [-0.3, -0.25) is 5.43 Å². The first-order chi connectivity index (χ1) is 10.1. The molecule has 0 amide bonds. The maximum Gasteiger partial charge on any atom is 0.191 e. The summed E-state index contributed by atoms with van der Waals surface area (Å²) in [5.74, 6) is 0.177. The normalized spacial score (nSPS) is 10.6. The molecule has 0 aliphatic carbocycles. The average Bonchev–Trinajstić information content (AvgIpc) is 2.45. The fraction of sp³-hybridized carbons (Fsp3) is 0.125. The van der Waals surface area contributed by atoms with E-state index in [9.17, 15) is 5.11 Å². The number of aromatic hydroxyl groups is 1. The van der Waals surface area contributed by atoms with Crippen molar-refractivity contribution in [1.29, 1.82) is 0 Å². The monoisotopic (exact) mass is 299 g/mol. The lowest BCUT2D eigenvalue weighted by molar-refractivity contribution is 0.474. The number of hydrogen-bond acceptors (Lipinski definition) is 3. The van der Waals surface area contributed by atoms with Gasteiger partial charge in [0.25, 0.3) is 0 Å². The van der Waals surface area contributed by atoms with Crippen LogP contribution < -0.4 is 10.7 Å². The van der Waals surface area contributed by atoms with Crippen LogP contribution in [0.2, 0.25) is 0 Å². The summed E-state index contributed by atoms with van der Waals surface area (Å²) in [5, 5.41) is 17.2. The van der Waals surface area contributed by atoms with Gasteiger partial charge in [-0.2, -0.15) is 5.10 Å². The lowest BCUT2D eigenvalue weighted by Crippen LogP contribution is -2.24. The molecule has 21 heavy (non-hydrogen) atoms. The van der Waals surface area contributed by atoms with Crippen LogP contribution in [-0.4, -0.2) is 16.4 Å². The van der Waals surface area contributed by atoms with E-state index in [1.54, 1.807) is 18.2 Å². The van der Waals surface area contributed by atoms with E-state index in [1.807, 2.05) is 38.1 Å². The van der Waals surface area contributed by atoms with E-state index in [0.29, 0.717) is 10.7 Å². The molecule has 0 spiro atoms. The van der Waals surface area contributed by atoms with Crippen molar-refractivity contribution in [2.45, 2.75) is 13.8 Å². The fourth-order valence-corrected chi connectivity index (χ4v) is 2.07. The molecule has 0 bridgehead atoms. The van der Waals surface area contributed by atoms with Gasteiger partial charge in [-0.1, -0.05) is 30.3 Å². The maximum absolute atomic E-state index is 9.62. The van der Waals surface area contributed by atoms with Crippen LogP contribution in [0.25, 0.3) is 0 Å². The molecule has 0 radical (unpaired) electrons. The van der Waals surface area contributed by atoms with Gasteiger partial charge in [0, 0.05) is 11.3 Å². The van der Waals surface area contributed by atoms with Crippen LogP contribution in [0, 0.1) is 13.8 Å². The number of hydrogen-bond donors (Lipinski definition) is 3. The Hall–Kier alpha value is -2.40. The van der Waals surface area contributed by atoms with Crippen molar-refractivity contribution in [2.24, 2.45) is 5.10 Å². The largest absolute Gasteiger partial charge is 0.507 e. The van der Waals surface area contributed by atoms with Crippen molar-refractivity contribution in [3.63, 3.8) is 0 Å². The number of anilines is 1. The van der Waals surface area contributed by atoms with E-state index < -0.39 is 0 Å². The third kappa shape index (κ3) is 4.03. The highest BCUT2D eigenvalue weighted by Gasteiger charge is 2.03. The van der Waals surface area contributed by atoms with Gasteiger partial charge in [0.1, 0.15) is 5.75 Å². The Kier molecular flexibility index (Phi) is 4.90. The molecule has 3 N–H and O–H groups in total. The number of hydrazone groups is 1. The Bertz CT molecular complexity index is 663. The fourth-order valence-electron chi connectivity index (χ4n) is 1.91. The zero-order valence-corrected chi connectivity index (χ0v) is 12.7. The molecule has 0 fully saturated rings. The lowest BCUT2D eigenvalue weighted by Gasteiger charge is -2.12. The van der Waals surface area contributed by atoms with E-state index in [2.05, 4.69) is 15.8 Å². The van der Waals surface area contributed by atoms with Gasteiger partial charge in [-0.25, -0.2) is 0 Å². The van der Waals surface area contributed by atoms with Crippen molar-refractivity contribution in [3.8, 4) is 5.75 Å². The standard InChI is InChI=1S/C16H17N3OS/c1-11-6-5-7-12(2)15(11)18-16(21)19-17-10-13-8-3-4-9-14(13)20/h3-10,20H,1-2H3,(H2,18,19,21)/b17-10+. The first-order valence-electron chi connectivity index (χ1n) is 6.52. The van der Waals surface area contributed by atoms with Crippen molar-refractivity contribution in [2.75, 3.05) is 5.32 Å². The molecule has 0 aliphatic heterocycles. The molecular weight excluding hydrogens is 282 g/mol. The zero-order chi connectivity index (χ0) is 15.2. The lowest BCUT2D eigenvalue weighted by atomic mass is 10.1. The van der Waals surface area contributed by atoms with E-state index in [-0.39, 0.29) is 5.75 Å².